The van der Waals surface area contributed by atoms with Gasteiger partial charge < -0.3 is 0 Å². The Bertz CT molecular complexity index is 2900. The summed E-state index contributed by atoms with van der Waals surface area (Å²) in [7, 11) is 0. The SMILES string of the molecule is c1ccc2cc(-c3nc(-c4cccc5c(-c6ccc7ccccc7c6)cccc45)nc(-c4cccc5c4sc4ccccc45)n3)ccc2c1. The van der Waals surface area contributed by atoms with Crippen molar-refractivity contribution in [1.29, 1.82) is 0 Å². The summed E-state index contributed by atoms with van der Waals surface area (Å²) < 4.78 is 2.44. The summed E-state index contributed by atoms with van der Waals surface area (Å²) in [5.74, 6) is 1.99. The van der Waals surface area contributed by atoms with Gasteiger partial charge in [0.05, 0.1) is 0 Å². The molecule has 10 rings (SSSR count). The second-order valence-corrected chi connectivity index (χ2v) is 13.5. The van der Waals surface area contributed by atoms with Crippen molar-refractivity contribution < 1.29 is 0 Å². The standard InChI is InChI=1S/C45H27N3S/c1-3-12-30-26-32(24-22-28(30)10-1)34-15-7-17-36-35(34)16-8-19-39(36)44-46-43(33-25-23-29-11-2-4-13-31(29)27-33)47-45(48-44)40-20-9-18-38-37-14-5-6-21-41(37)49-42(38)40/h1-27H. The molecule has 10 aromatic rings. The van der Waals surface area contributed by atoms with Crippen molar-refractivity contribution in [3.63, 3.8) is 0 Å². The zero-order valence-corrected chi connectivity index (χ0v) is 27.2. The topological polar surface area (TPSA) is 38.7 Å². The largest absolute Gasteiger partial charge is 0.208 e. The van der Waals surface area contributed by atoms with Gasteiger partial charge in [-0.25, -0.2) is 15.0 Å². The molecule has 0 radical (unpaired) electrons. The van der Waals surface area contributed by atoms with Crippen LogP contribution in [0, 0.1) is 0 Å². The summed E-state index contributed by atoms with van der Waals surface area (Å²) in [6.07, 6.45) is 0. The summed E-state index contributed by atoms with van der Waals surface area (Å²) >= 11 is 1.79. The molecule has 0 saturated carbocycles. The molecule has 0 fully saturated rings. The number of benzene rings is 8. The highest BCUT2D eigenvalue weighted by atomic mass is 32.1. The Hall–Kier alpha value is -6.23. The van der Waals surface area contributed by atoms with E-state index in [1.54, 1.807) is 11.3 Å². The Kier molecular flexibility index (Phi) is 6.36. The molecule has 2 heterocycles. The minimum Gasteiger partial charge on any atom is -0.208 e. The molecule has 0 amide bonds. The van der Waals surface area contributed by atoms with Crippen molar-refractivity contribution >= 4 is 63.8 Å². The van der Waals surface area contributed by atoms with E-state index in [1.807, 2.05) is 0 Å². The summed E-state index contributed by atoms with van der Waals surface area (Å²) in [4.78, 5) is 15.6. The van der Waals surface area contributed by atoms with Crippen molar-refractivity contribution in [1.82, 2.24) is 15.0 Å². The first-order valence-corrected chi connectivity index (χ1v) is 17.3. The molecule has 8 aromatic carbocycles. The number of hydrogen-bond acceptors (Lipinski definition) is 4. The van der Waals surface area contributed by atoms with Crippen LogP contribution in [0.25, 0.3) is 97.8 Å². The predicted molar refractivity (Wildman–Crippen MR) is 207 cm³/mol. The highest BCUT2D eigenvalue weighted by molar-refractivity contribution is 7.26. The van der Waals surface area contributed by atoms with Gasteiger partial charge in [-0.15, -0.1) is 11.3 Å². The lowest BCUT2D eigenvalue weighted by molar-refractivity contribution is 1.08. The van der Waals surface area contributed by atoms with Gasteiger partial charge in [0, 0.05) is 36.9 Å². The lowest BCUT2D eigenvalue weighted by Crippen LogP contribution is -2.01. The molecule has 228 valence electrons. The molecule has 0 atom stereocenters. The van der Waals surface area contributed by atoms with Gasteiger partial charge in [0.25, 0.3) is 0 Å². The van der Waals surface area contributed by atoms with Gasteiger partial charge in [-0.3, -0.25) is 0 Å². The van der Waals surface area contributed by atoms with Crippen LogP contribution in [0.3, 0.4) is 0 Å². The van der Waals surface area contributed by atoms with E-state index in [4.69, 9.17) is 15.0 Å². The van der Waals surface area contributed by atoms with Crippen LogP contribution in [0.15, 0.2) is 164 Å². The van der Waals surface area contributed by atoms with E-state index in [0.29, 0.717) is 17.5 Å². The highest BCUT2D eigenvalue weighted by Gasteiger charge is 2.18. The zero-order chi connectivity index (χ0) is 32.3. The molecular weight excluding hydrogens is 615 g/mol. The van der Waals surface area contributed by atoms with Crippen LogP contribution in [-0.4, -0.2) is 15.0 Å². The van der Waals surface area contributed by atoms with Crippen molar-refractivity contribution in [3.8, 4) is 45.3 Å². The third kappa shape index (κ3) is 4.68. The Balaban J connectivity index is 1.21. The lowest BCUT2D eigenvalue weighted by Gasteiger charge is -2.13. The van der Waals surface area contributed by atoms with Crippen LogP contribution in [0.1, 0.15) is 0 Å². The highest BCUT2D eigenvalue weighted by Crippen LogP contribution is 2.41. The number of nitrogens with zero attached hydrogens (tertiary/aromatic N) is 3. The van der Waals surface area contributed by atoms with E-state index in [-0.39, 0.29) is 0 Å². The van der Waals surface area contributed by atoms with E-state index in [0.717, 1.165) is 32.8 Å². The molecule has 0 bridgehead atoms. The van der Waals surface area contributed by atoms with Crippen LogP contribution in [0.2, 0.25) is 0 Å². The second-order valence-electron chi connectivity index (χ2n) is 12.4. The normalized spacial score (nSPS) is 11.7. The van der Waals surface area contributed by atoms with Crippen LogP contribution < -0.4 is 0 Å². The molecule has 3 nitrogen and oxygen atoms in total. The van der Waals surface area contributed by atoms with Gasteiger partial charge in [0.2, 0.25) is 0 Å². The maximum absolute atomic E-state index is 5.26. The molecule has 0 aliphatic carbocycles. The van der Waals surface area contributed by atoms with Crippen molar-refractivity contribution in [2.45, 2.75) is 0 Å². The monoisotopic (exact) mass is 641 g/mol. The van der Waals surface area contributed by atoms with Crippen molar-refractivity contribution in [3.05, 3.63) is 164 Å². The second kappa shape index (κ2) is 11.2. The summed E-state index contributed by atoms with van der Waals surface area (Å²) in [5, 5.41) is 9.55. The first kappa shape index (κ1) is 27.8. The molecule has 0 spiro atoms. The average molecular weight is 642 g/mol. The van der Waals surface area contributed by atoms with E-state index in [1.165, 1.54) is 47.5 Å². The predicted octanol–water partition coefficient (Wildman–Crippen LogP) is 12.4. The van der Waals surface area contributed by atoms with E-state index < -0.39 is 0 Å². The van der Waals surface area contributed by atoms with Crippen LogP contribution >= 0.6 is 11.3 Å². The van der Waals surface area contributed by atoms with Crippen molar-refractivity contribution in [2.24, 2.45) is 0 Å². The third-order valence-electron chi connectivity index (χ3n) is 9.51. The van der Waals surface area contributed by atoms with E-state index in [9.17, 15) is 0 Å². The Labute approximate surface area is 286 Å². The Morgan fingerprint density at radius 3 is 1.59 bits per heavy atom. The first-order chi connectivity index (χ1) is 24.3. The van der Waals surface area contributed by atoms with Gasteiger partial charge in [-0.2, -0.15) is 0 Å². The molecule has 0 aliphatic heterocycles. The average Bonchev–Trinajstić information content (AvgIpc) is 3.56. The number of fused-ring (bicyclic) bond motifs is 6. The van der Waals surface area contributed by atoms with E-state index >= 15 is 0 Å². The van der Waals surface area contributed by atoms with Gasteiger partial charge in [0.1, 0.15) is 0 Å². The Morgan fingerprint density at radius 2 is 0.837 bits per heavy atom. The third-order valence-corrected chi connectivity index (χ3v) is 10.7. The van der Waals surface area contributed by atoms with Crippen molar-refractivity contribution in [2.75, 3.05) is 0 Å². The number of aromatic nitrogens is 3. The number of thiophene rings is 1. The minimum absolute atomic E-state index is 0.659. The summed E-state index contributed by atoms with van der Waals surface area (Å²) in [6, 6.07) is 58.1. The zero-order valence-electron chi connectivity index (χ0n) is 26.3. The van der Waals surface area contributed by atoms with Gasteiger partial charge in [-0.1, -0.05) is 140 Å². The smallest absolute Gasteiger partial charge is 0.165 e. The van der Waals surface area contributed by atoms with Gasteiger partial charge >= 0.3 is 0 Å². The molecule has 0 aliphatic rings. The fraction of sp³-hybridized carbons (Fsp3) is 0. The van der Waals surface area contributed by atoms with Gasteiger partial charge in [-0.05, 0) is 67.7 Å². The number of hydrogen-bond donors (Lipinski definition) is 0. The lowest BCUT2D eigenvalue weighted by atomic mass is 9.94. The fourth-order valence-corrected chi connectivity index (χ4v) is 8.32. The Morgan fingerprint density at radius 1 is 0.327 bits per heavy atom. The van der Waals surface area contributed by atoms with Crippen LogP contribution in [-0.2, 0) is 0 Å². The maximum Gasteiger partial charge on any atom is 0.165 e. The fourth-order valence-electron chi connectivity index (χ4n) is 7.11. The summed E-state index contributed by atoms with van der Waals surface area (Å²) in [5.41, 5.74) is 5.33. The molecule has 49 heavy (non-hydrogen) atoms. The number of rotatable bonds is 4. The molecule has 0 N–H and O–H groups in total. The van der Waals surface area contributed by atoms with E-state index in [2.05, 4.69) is 164 Å². The molecule has 0 saturated heterocycles. The van der Waals surface area contributed by atoms with Crippen LogP contribution in [0.4, 0.5) is 0 Å². The van der Waals surface area contributed by atoms with Crippen LogP contribution in [0.5, 0.6) is 0 Å². The molecule has 2 aromatic heterocycles. The van der Waals surface area contributed by atoms with Gasteiger partial charge in [0.15, 0.2) is 17.5 Å². The molecular formula is C45H27N3S. The molecule has 0 unspecified atom stereocenters. The maximum atomic E-state index is 5.26. The quantitative estimate of drug-likeness (QED) is 0.192. The first-order valence-electron chi connectivity index (χ1n) is 16.4. The molecule has 4 heteroatoms. The minimum atomic E-state index is 0.659. The summed E-state index contributed by atoms with van der Waals surface area (Å²) in [6.45, 7) is 0.